The largest absolute Gasteiger partial charge is 0.309 e. The number of halogens is 1. The van der Waals surface area contributed by atoms with Crippen molar-refractivity contribution in [1.82, 2.24) is 14.5 Å². The van der Waals surface area contributed by atoms with Crippen molar-refractivity contribution < 1.29 is 13.2 Å². The summed E-state index contributed by atoms with van der Waals surface area (Å²) in [4.78, 5) is 20.5. The Bertz CT molecular complexity index is 1010. The molecule has 0 unspecified atom stereocenters. The molecule has 0 aliphatic carbocycles. The van der Waals surface area contributed by atoms with Gasteiger partial charge in [0.25, 0.3) is 0 Å². The monoisotopic (exact) mass is 408 g/mol. The first kappa shape index (κ1) is 16.6. The van der Waals surface area contributed by atoms with Gasteiger partial charge in [0.2, 0.25) is 20.9 Å². The number of nitrogens with one attached hydrogen (secondary N) is 1. The lowest BCUT2D eigenvalue weighted by Gasteiger charge is -2.08. The molecule has 7 nitrogen and oxygen atoms in total. The Labute approximate surface area is 146 Å². The predicted octanol–water partition coefficient (Wildman–Crippen LogP) is 2.24. The summed E-state index contributed by atoms with van der Waals surface area (Å²) in [5, 5.41) is 2.50. The van der Waals surface area contributed by atoms with Crippen LogP contribution in [0.3, 0.4) is 0 Å². The number of sulfone groups is 1. The highest BCUT2D eigenvalue weighted by molar-refractivity contribution is 9.10. The van der Waals surface area contributed by atoms with E-state index in [4.69, 9.17) is 0 Å². The SMILES string of the molecule is CS(=O)(=O)c1nc2ccccc2n1CC(=O)Nc1ccc(Br)cn1. The molecular weight excluding hydrogens is 396 g/mol. The van der Waals surface area contributed by atoms with E-state index in [1.165, 1.54) is 4.57 Å². The molecule has 0 bridgehead atoms. The van der Waals surface area contributed by atoms with E-state index in [1.54, 1.807) is 42.6 Å². The van der Waals surface area contributed by atoms with Gasteiger partial charge in [-0.25, -0.2) is 18.4 Å². The van der Waals surface area contributed by atoms with Crippen LogP contribution in [-0.2, 0) is 21.2 Å². The van der Waals surface area contributed by atoms with Crippen LogP contribution in [0.1, 0.15) is 0 Å². The standard InChI is InChI=1S/C15H13BrN4O3S/c1-24(22,23)15-18-11-4-2-3-5-12(11)20(15)9-14(21)19-13-7-6-10(16)8-17-13/h2-8H,9H2,1H3,(H,17,19,21). The number of aromatic nitrogens is 3. The number of fused-ring (bicyclic) bond motifs is 1. The number of hydrogen-bond acceptors (Lipinski definition) is 5. The van der Waals surface area contributed by atoms with E-state index in [2.05, 4.69) is 31.2 Å². The zero-order valence-electron chi connectivity index (χ0n) is 12.6. The maximum Gasteiger partial charge on any atom is 0.245 e. The minimum atomic E-state index is -3.57. The van der Waals surface area contributed by atoms with Crippen LogP contribution in [0, 0.1) is 0 Å². The molecule has 0 saturated carbocycles. The topological polar surface area (TPSA) is 94.0 Å². The number of imidazole rings is 1. The molecule has 1 aromatic carbocycles. The molecule has 0 fully saturated rings. The van der Waals surface area contributed by atoms with E-state index in [-0.39, 0.29) is 11.7 Å². The van der Waals surface area contributed by atoms with Crippen molar-refractivity contribution in [3.8, 4) is 0 Å². The highest BCUT2D eigenvalue weighted by Crippen LogP contribution is 2.19. The first-order valence-electron chi connectivity index (χ1n) is 6.91. The van der Waals surface area contributed by atoms with Crippen molar-refractivity contribution in [3.63, 3.8) is 0 Å². The number of hydrogen-bond donors (Lipinski definition) is 1. The lowest BCUT2D eigenvalue weighted by molar-refractivity contribution is -0.116. The van der Waals surface area contributed by atoms with E-state index in [9.17, 15) is 13.2 Å². The van der Waals surface area contributed by atoms with E-state index in [0.29, 0.717) is 16.9 Å². The fraction of sp³-hybridized carbons (Fsp3) is 0.133. The van der Waals surface area contributed by atoms with Gasteiger partial charge in [0.1, 0.15) is 12.4 Å². The fourth-order valence-electron chi connectivity index (χ4n) is 2.27. The summed E-state index contributed by atoms with van der Waals surface area (Å²) in [5.41, 5.74) is 1.10. The number of pyridine rings is 1. The number of amides is 1. The molecule has 124 valence electrons. The molecule has 0 aliphatic rings. The number of nitrogens with zero attached hydrogens (tertiary/aromatic N) is 3. The number of anilines is 1. The third kappa shape index (κ3) is 3.46. The summed E-state index contributed by atoms with van der Waals surface area (Å²) < 4.78 is 26.1. The molecular formula is C15H13BrN4O3S. The van der Waals surface area contributed by atoms with Crippen LogP contribution < -0.4 is 5.32 Å². The Hall–Kier alpha value is -2.26. The van der Waals surface area contributed by atoms with E-state index < -0.39 is 15.7 Å². The maximum absolute atomic E-state index is 12.3. The maximum atomic E-state index is 12.3. The van der Waals surface area contributed by atoms with Crippen LogP contribution in [0.2, 0.25) is 0 Å². The van der Waals surface area contributed by atoms with Crippen molar-refractivity contribution >= 4 is 48.5 Å². The minimum Gasteiger partial charge on any atom is -0.309 e. The highest BCUT2D eigenvalue weighted by Gasteiger charge is 2.21. The van der Waals surface area contributed by atoms with E-state index >= 15 is 0 Å². The van der Waals surface area contributed by atoms with Gasteiger partial charge in [-0.15, -0.1) is 0 Å². The zero-order valence-corrected chi connectivity index (χ0v) is 15.0. The van der Waals surface area contributed by atoms with Gasteiger partial charge < -0.3 is 9.88 Å². The summed E-state index contributed by atoms with van der Waals surface area (Å²) in [6.07, 6.45) is 2.63. The molecule has 0 aliphatic heterocycles. The minimum absolute atomic E-state index is 0.136. The molecule has 1 amide bonds. The Kier molecular flexibility index (Phi) is 4.37. The van der Waals surface area contributed by atoms with Gasteiger partial charge in [-0.05, 0) is 40.2 Å². The number of carbonyl (C=O) groups excluding carboxylic acids is 1. The second-order valence-electron chi connectivity index (χ2n) is 5.15. The van der Waals surface area contributed by atoms with Gasteiger partial charge in [0.15, 0.2) is 0 Å². The number of benzene rings is 1. The average molecular weight is 409 g/mol. The summed E-state index contributed by atoms with van der Waals surface area (Å²) in [7, 11) is -3.57. The summed E-state index contributed by atoms with van der Waals surface area (Å²) in [5.74, 6) is -0.00796. The molecule has 1 N–H and O–H groups in total. The summed E-state index contributed by atoms with van der Waals surface area (Å²) in [6.45, 7) is -0.180. The van der Waals surface area contributed by atoms with Crippen LogP contribution in [0.4, 0.5) is 5.82 Å². The lowest BCUT2D eigenvalue weighted by atomic mass is 10.3. The second kappa shape index (κ2) is 6.33. The zero-order chi connectivity index (χ0) is 17.3. The van der Waals surface area contributed by atoms with Crippen molar-refractivity contribution in [3.05, 3.63) is 47.1 Å². The third-order valence-electron chi connectivity index (χ3n) is 3.25. The number of para-hydroxylation sites is 2. The van der Waals surface area contributed by atoms with Gasteiger partial charge in [-0.3, -0.25) is 4.79 Å². The quantitative estimate of drug-likeness (QED) is 0.714. The molecule has 9 heteroatoms. The van der Waals surface area contributed by atoms with E-state index in [1.807, 2.05) is 0 Å². The predicted molar refractivity (Wildman–Crippen MR) is 93.4 cm³/mol. The molecule has 3 rings (SSSR count). The Balaban J connectivity index is 1.94. The van der Waals surface area contributed by atoms with Crippen LogP contribution in [-0.4, -0.2) is 35.1 Å². The van der Waals surface area contributed by atoms with Crippen molar-refractivity contribution in [2.45, 2.75) is 11.7 Å². The van der Waals surface area contributed by atoms with Crippen LogP contribution in [0.15, 0.2) is 52.2 Å². The van der Waals surface area contributed by atoms with Gasteiger partial charge >= 0.3 is 0 Å². The summed E-state index contributed by atoms with van der Waals surface area (Å²) in [6, 6.07) is 10.3. The second-order valence-corrected chi connectivity index (χ2v) is 7.98. The molecule has 24 heavy (non-hydrogen) atoms. The normalized spacial score (nSPS) is 11.6. The third-order valence-corrected chi connectivity index (χ3v) is 4.69. The molecule has 3 aromatic rings. The molecule has 2 heterocycles. The van der Waals surface area contributed by atoms with Crippen molar-refractivity contribution in [2.24, 2.45) is 0 Å². The lowest BCUT2D eigenvalue weighted by Crippen LogP contribution is -2.21. The molecule has 2 aromatic heterocycles. The van der Waals surface area contributed by atoms with Crippen LogP contribution in [0.5, 0.6) is 0 Å². The Morgan fingerprint density at radius 2 is 2.00 bits per heavy atom. The number of rotatable bonds is 4. The average Bonchev–Trinajstić information content (AvgIpc) is 2.89. The Morgan fingerprint density at radius 1 is 1.25 bits per heavy atom. The first-order valence-corrected chi connectivity index (χ1v) is 9.60. The van der Waals surface area contributed by atoms with Crippen molar-refractivity contribution in [2.75, 3.05) is 11.6 Å². The first-order chi connectivity index (χ1) is 11.3. The molecule has 0 spiro atoms. The van der Waals surface area contributed by atoms with Crippen molar-refractivity contribution in [1.29, 1.82) is 0 Å². The van der Waals surface area contributed by atoms with Gasteiger partial charge in [0, 0.05) is 16.9 Å². The van der Waals surface area contributed by atoms with Gasteiger partial charge in [-0.1, -0.05) is 12.1 Å². The van der Waals surface area contributed by atoms with Gasteiger partial charge in [0.05, 0.1) is 11.0 Å². The van der Waals surface area contributed by atoms with Crippen LogP contribution >= 0.6 is 15.9 Å². The molecule has 0 saturated heterocycles. The van der Waals surface area contributed by atoms with Gasteiger partial charge in [-0.2, -0.15) is 0 Å². The fourth-order valence-corrected chi connectivity index (χ4v) is 3.33. The smallest absolute Gasteiger partial charge is 0.245 e. The van der Waals surface area contributed by atoms with Crippen LogP contribution in [0.25, 0.3) is 11.0 Å². The molecule has 0 atom stereocenters. The highest BCUT2D eigenvalue weighted by atomic mass is 79.9. The van der Waals surface area contributed by atoms with E-state index in [0.717, 1.165) is 10.7 Å². The molecule has 0 radical (unpaired) electrons. The number of carbonyl (C=O) groups is 1. The summed E-state index contributed by atoms with van der Waals surface area (Å²) >= 11 is 3.26. The Morgan fingerprint density at radius 3 is 2.67 bits per heavy atom.